The number of aromatic nitrogens is 3. The summed E-state index contributed by atoms with van der Waals surface area (Å²) >= 11 is 11.6. The van der Waals surface area contributed by atoms with Crippen molar-refractivity contribution in [1.29, 1.82) is 0 Å². The van der Waals surface area contributed by atoms with Crippen molar-refractivity contribution in [2.45, 2.75) is 18.8 Å². The van der Waals surface area contributed by atoms with Gasteiger partial charge in [0.25, 0.3) is 0 Å². The third-order valence-electron chi connectivity index (χ3n) is 2.75. The smallest absolute Gasteiger partial charge is 0.229 e. The number of nitrogens with zero attached hydrogens (tertiary/aromatic N) is 3. The SMILES string of the molecule is Fc1cc(-n2c(Cl)nnc2C2CC2)ccc1Cl. The largest absolute Gasteiger partial charge is 0.269 e. The molecule has 3 rings (SSSR count). The number of hydrogen-bond acceptors (Lipinski definition) is 2. The highest BCUT2D eigenvalue weighted by molar-refractivity contribution is 6.30. The molecular formula is C11H8Cl2FN3. The molecule has 1 heterocycles. The second kappa shape index (κ2) is 3.96. The minimum Gasteiger partial charge on any atom is -0.269 e. The summed E-state index contributed by atoms with van der Waals surface area (Å²) in [5.74, 6) is 0.696. The van der Waals surface area contributed by atoms with Gasteiger partial charge in [-0.05, 0) is 42.6 Å². The maximum Gasteiger partial charge on any atom is 0.229 e. The zero-order valence-corrected chi connectivity index (χ0v) is 10.2. The van der Waals surface area contributed by atoms with Crippen molar-refractivity contribution >= 4 is 23.2 Å². The van der Waals surface area contributed by atoms with E-state index < -0.39 is 5.82 Å². The molecule has 1 saturated carbocycles. The summed E-state index contributed by atoms with van der Waals surface area (Å²) in [5, 5.41) is 8.19. The minimum atomic E-state index is -0.476. The highest BCUT2D eigenvalue weighted by atomic mass is 35.5. The predicted molar refractivity (Wildman–Crippen MR) is 63.3 cm³/mol. The maximum absolute atomic E-state index is 13.4. The summed E-state index contributed by atoms with van der Waals surface area (Å²) in [6, 6.07) is 4.54. The summed E-state index contributed by atoms with van der Waals surface area (Å²) < 4.78 is 15.1. The van der Waals surface area contributed by atoms with Crippen molar-refractivity contribution in [2.75, 3.05) is 0 Å². The molecule has 17 heavy (non-hydrogen) atoms. The van der Waals surface area contributed by atoms with E-state index in [0.717, 1.165) is 18.7 Å². The third kappa shape index (κ3) is 1.91. The molecule has 1 aliphatic rings. The number of hydrogen-bond donors (Lipinski definition) is 0. The lowest BCUT2D eigenvalue weighted by Crippen LogP contribution is -2.00. The van der Waals surface area contributed by atoms with Crippen LogP contribution in [0, 0.1) is 5.82 Å². The Morgan fingerprint density at radius 1 is 1.24 bits per heavy atom. The van der Waals surface area contributed by atoms with Crippen LogP contribution >= 0.6 is 23.2 Å². The van der Waals surface area contributed by atoms with Gasteiger partial charge in [-0.3, -0.25) is 4.57 Å². The second-order valence-corrected chi connectivity index (χ2v) is 4.78. The van der Waals surface area contributed by atoms with E-state index in [0.29, 0.717) is 11.6 Å². The van der Waals surface area contributed by atoms with Crippen molar-refractivity contribution < 1.29 is 4.39 Å². The average molecular weight is 272 g/mol. The highest BCUT2D eigenvalue weighted by Gasteiger charge is 2.30. The fourth-order valence-corrected chi connectivity index (χ4v) is 2.08. The Morgan fingerprint density at radius 2 is 2.00 bits per heavy atom. The molecule has 0 atom stereocenters. The molecule has 0 unspecified atom stereocenters. The quantitative estimate of drug-likeness (QED) is 0.836. The van der Waals surface area contributed by atoms with E-state index >= 15 is 0 Å². The first-order valence-corrected chi connectivity index (χ1v) is 5.98. The van der Waals surface area contributed by atoms with Crippen LogP contribution in [0.25, 0.3) is 5.69 Å². The standard InChI is InChI=1S/C11H8Cl2FN3/c12-8-4-3-7(5-9(8)14)17-10(6-1-2-6)15-16-11(17)13/h3-6H,1-2H2. The van der Waals surface area contributed by atoms with Gasteiger partial charge in [-0.2, -0.15) is 0 Å². The van der Waals surface area contributed by atoms with Gasteiger partial charge in [-0.25, -0.2) is 4.39 Å². The van der Waals surface area contributed by atoms with E-state index in [1.54, 1.807) is 10.6 Å². The van der Waals surface area contributed by atoms with Crippen LogP contribution in [0.5, 0.6) is 0 Å². The van der Waals surface area contributed by atoms with Gasteiger partial charge in [0.15, 0.2) is 0 Å². The van der Waals surface area contributed by atoms with Crippen molar-refractivity contribution in [2.24, 2.45) is 0 Å². The molecule has 0 spiro atoms. The molecule has 0 saturated heterocycles. The van der Waals surface area contributed by atoms with Gasteiger partial charge in [-0.1, -0.05) is 11.6 Å². The van der Waals surface area contributed by atoms with Crippen LogP contribution < -0.4 is 0 Å². The van der Waals surface area contributed by atoms with E-state index in [9.17, 15) is 4.39 Å². The average Bonchev–Trinajstić information content (AvgIpc) is 3.07. The monoisotopic (exact) mass is 271 g/mol. The molecule has 1 aliphatic carbocycles. The second-order valence-electron chi connectivity index (χ2n) is 4.04. The molecule has 1 fully saturated rings. The summed E-state index contributed by atoms with van der Waals surface area (Å²) in [5.41, 5.74) is 0.601. The Morgan fingerprint density at radius 3 is 2.65 bits per heavy atom. The summed E-state index contributed by atoms with van der Waals surface area (Å²) in [4.78, 5) is 0. The van der Waals surface area contributed by atoms with Gasteiger partial charge in [-0.15, -0.1) is 10.2 Å². The normalized spacial score (nSPS) is 15.2. The van der Waals surface area contributed by atoms with Crippen molar-refractivity contribution in [3.8, 4) is 5.69 Å². The Hall–Kier alpha value is -1.13. The lowest BCUT2D eigenvalue weighted by molar-refractivity contribution is 0.626. The zero-order chi connectivity index (χ0) is 12.0. The van der Waals surface area contributed by atoms with Crippen LogP contribution in [-0.2, 0) is 0 Å². The van der Waals surface area contributed by atoms with Gasteiger partial charge < -0.3 is 0 Å². The molecule has 0 bridgehead atoms. The van der Waals surface area contributed by atoms with Crippen LogP contribution in [0.15, 0.2) is 18.2 Å². The lowest BCUT2D eigenvalue weighted by atomic mass is 10.3. The molecule has 0 amide bonds. The van der Waals surface area contributed by atoms with Gasteiger partial charge in [0.05, 0.1) is 10.7 Å². The maximum atomic E-state index is 13.4. The van der Waals surface area contributed by atoms with Crippen LogP contribution in [0.2, 0.25) is 10.3 Å². The molecule has 3 nitrogen and oxygen atoms in total. The van der Waals surface area contributed by atoms with E-state index in [2.05, 4.69) is 10.2 Å². The van der Waals surface area contributed by atoms with E-state index in [4.69, 9.17) is 23.2 Å². The Bertz CT molecular complexity index is 578. The summed E-state index contributed by atoms with van der Waals surface area (Å²) in [7, 11) is 0. The van der Waals surface area contributed by atoms with Crippen LogP contribution in [0.3, 0.4) is 0 Å². The molecule has 0 radical (unpaired) electrons. The molecule has 88 valence electrons. The molecule has 0 N–H and O–H groups in total. The fraction of sp³-hybridized carbons (Fsp3) is 0.273. The molecular weight excluding hydrogens is 264 g/mol. The molecule has 1 aromatic heterocycles. The minimum absolute atomic E-state index is 0.0888. The first-order chi connectivity index (χ1) is 8.16. The van der Waals surface area contributed by atoms with Crippen molar-refractivity contribution in [3.05, 3.63) is 40.1 Å². The predicted octanol–water partition coefficient (Wildman–Crippen LogP) is 3.59. The fourth-order valence-electron chi connectivity index (χ4n) is 1.75. The Kier molecular flexibility index (Phi) is 2.56. The molecule has 0 aliphatic heterocycles. The highest BCUT2D eigenvalue weighted by Crippen LogP contribution is 2.40. The summed E-state index contributed by atoms with van der Waals surface area (Å²) in [6.07, 6.45) is 2.15. The molecule has 6 heteroatoms. The van der Waals surface area contributed by atoms with Gasteiger partial charge in [0.2, 0.25) is 5.28 Å². The van der Waals surface area contributed by atoms with Crippen molar-refractivity contribution in [1.82, 2.24) is 14.8 Å². The van der Waals surface area contributed by atoms with Crippen LogP contribution in [-0.4, -0.2) is 14.8 Å². The lowest BCUT2D eigenvalue weighted by Gasteiger charge is -2.07. The Labute approximate surface area is 107 Å². The number of benzene rings is 1. The van der Waals surface area contributed by atoms with Crippen LogP contribution in [0.4, 0.5) is 4.39 Å². The summed E-state index contributed by atoms with van der Waals surface area (Å²) in [6.45, 7) is 0. The van der Waals surface area contributed by atoms with Gasteiger partial charge in [0.1, 0.15) is 11.6 Å². The number of rotatable bonds is 2. The first kappa shape index (κ1) is 11.0. The zero-order valence-electron chi connectivity index (χ0n) is 8.70. The van der Waals surface area contributed by atoms with Gasteiger partial charge >= 0.3 is 0 Å². The molecule has 2 aromatic rings. The first-order valence-electron chi connectivity index (χ1n) is 5.23. The van der Waals surface area contributed by atoms with E-state index in [-0.39, 0.29) is 10.3 Å². The van der Waals surface area contributed by atoms with Gasteiger partial charge in [0, 0.05) is 5.92 Å². The van der Waals surface area contributed by atoms with E-state index in [1.807, 2.05) is 0 Å². The van der Waals surface area contributed by atoms with Crippen LogP contribution in [0.1, 0.15) is 24.6 Å². The van der Waals surface area contributed by atoms with Crippen molar-refractivity contribution in [3.63, 3.8) is 0 Å². The number of halogens is 3. The van der Waals surface area contributed by atoms with E-state index in [1.165, 1.54) is 12.1 Å². The topological polar surface area (TPSA) is 30.7 Å². The molecule has 1 aromatic carbocycles. The third-order valence-corrected chi connectivity index (χ3v) is 3.30. The Balaban J connectivity index is 2.13.